The number of benzene rings is 9. The van der Waals surface area contributed by atoms with Gasteiger partial charge in [-0.05, 0) is 122 Å². The Morgan fingerprint density at radius 3 is 1.36 bits per heavy atom. The van der Waals surface area contributed by atoms with Gasteiger partial charge in [-0.3, -0.25) is 0 Å². The van der Waals surface area contributed by atoms with Crippen molar-refractivity contribution in [2.45, 2.75) is 12.5 Å². The van der Waals surface area contributed by atoms with Gasteiger partial charge in [-0.25, -0.2) is 0 Å². The summed E-state index contributed by atoms with van der Waals surface area (Å²) in [5.41, 5.74) is 19.2. The number of nitrogens with zero attached hydrogens (tertiary/aromatic N) is 2. The van der Waals surface area contributed by atoms with Gasteiger partial charge < -0.3 is 9.47 Å². The molecule has 11 rings (SSSR count). The van der Waals surface area contributed by atoms with Gasteiger partial charge in [0.15, 0.2) is 0 Å². The molecule has 2 nitrogen and oxygen atoms in total. The van der Waals surface area contributed by atoms with Crippen molar-refractivity contribution < 1.29 is 0 Å². The van der Waals surface area contributed by atoms with Gasteiger partial charge in [0.2, 0.25) is 0 Å². The fourth-order valence-electron chi connectivity index (χ4n) is 9.29. The molecule has 304 valence electrons. The number of hydrogen-bond acceptors (Lipinski definition) is 1. The lowest BCUT2D eigenvalue weighted by atomic mass is 9.94. The Labute approximate surface area is 376 Å². The minimum Gasteiger partial charge on any atom is -0.334 e. The van der Waals surface area contributed by atoms with Crippen LogP contribution in [0, 0.1) is 0 Å². The van der Waals surface area contributed by atoms with Crippen LogP contribution in [-0.2, 0) is 0 Å². The van der Waals surface area contributed by atoms with E-state index in [-0.39, 0.29) is 6.04 Å². The van der Waals surface area contributed by atoms with Crippen molar-refractivity contribution in [1.29, 1.82) is 0 Å². The first-order valence-electron chi connectivity index (χ1n) is 22.2. The molecule has 1 aliphatic carbocycles. The quantitative estimate of drug-likeness (QED) is 0.133. The lowest BCUT2D eigenvalue weighted by Gasteiger charge is -2.34. The highest BCUT2D eigenvalue weighted by atomic mass is 15.2. The van der Waals surface area contributed by atoms with E-state index in [0.29, 0.717) is 0 Å². The van der Waals surface area contributed by atoms with Gasteiger partial charge in [0, 0.05) is 34.2 Å². The molecule has 0 amide bonds. The lowest BCUT2D eigenvalue weighted by molar-refractivity contribution is 0.787. The third-order valence-corrected chi connectivity index (χ3v) is 12.5. The van der Waals surface area contributed by atoms with Gasteiger partial charge in [-0.15, -0.1) is 0 Å². The average molecular weight is 819 g/mol. The largest absolute Gasteiger partial charge is 0.334 e. The Kier molecular flexibility index (Phi) is 10.5. The summed E-state index contributed by atoms with van der Waals surface area (Å²) in [6.45, 7) is 0. The summed E-state index contributed by atoms with van der Waals surface area (Å²) in [6.07, 6.45) is 10.2. The summed E-state index contributed by atoms with van der Waals surface area (Å²) in [5, 5.41) is 1.25. The first-order valence-corrected chi connectivity index (χ1v) is 22.2. The second kappa shape index (κ2) is 17.3. The number of aromatic nitrogens is 1. The first-order chi connectivity index (χ1) is 31.7. The molecule has 9 aromatic carbocycles. The smallest absolute Gasteiger partial charge is 0.0560 e. The van der Waals surface area contributed by atoms with E-state index in [9.17, 15) is 0 Å². The molecule has 10 aromatic rings. The van der Waals surface area contributed by atoms with Gasteiger partial charge >= 0.3 is 0 Å². The minimum absolute atomic E-state index is 0.0995. The van der Waals surface area contributed by atoms with Crippen molar-refractivity contribution in [3.05, 3.63) is 267 Å². The predicted octanol–water partition coefficient (Wildman–Crippen LogP) is 16.5. The zero-order chi connectivity index (χ0) is 42.7. The molecule has 0 radical (unpaired) electrons. The van der Waals surface area contributed by atoms with Crippen molar-refractivity contribution in [2.75, 3.05) is 4.90 Å². The van der Waals surface area contributed by atoms with Gasteiger partial charge in [-0.2, -0.15) is 0 Å². The summed E-state index contributed by atoms with van der Waals surface area (Å²) in [7, 11) is 0. The SMILES string of the molecule is C1=CC(N(c2cccc(-c3cccc(-c4ccccc4)c3)c2)c2cccc(-c3cccc(-c4ccccc4)c3)c2)CC=C1c1ccc(-n2cc(-c3ccccc3)c3ccccc32)cc1. The Balaban J connectivity index is 0.925. The molecular formula is C62H46N2. The maximum atomic E-state index is 2.52. The van der Waals surface area contributed by atoms with E-state index in [1.807, 2.05) is 0 Å². The molecular weight excluding hydrogens is 773 g/mol. The number of anilines is 2. The number of fused-ring (bicyclic) bond motifs is 1. The maximum Gasteiger partial charge on any atom is 0.0560 e. The van der Waals surface area contributed by atoms with E-state index in [1.54, 1.807) is 0 Å². The van der Waals surface area contributed by atoms with E-state index in [0.717, 1.165) is 23.5 Å². The monoisotopic (exact) mass is 818 g/mol. The molecule has 0 saturated carbocycles. The van der Waals surface area contributed by atoms with Gasteiger partial charge in [-0.1, -0.05) is 200 Å². The molecule has 0 bridgehead atoms. The second-order valence-electron chi connectivity index (χ2n) is 16.5. The van der Waals surface area contributed by atoms with Crippen LogP contribution in [0.1, 0.15) is 12.0 Å². The van der Waals surface area contributed by atoms with Crippen molar-refractivity contribution >= 4 is 27.9 Å². The maximum absolute atomic E-state index is 2.52. The molecule has 1 aliphatic rings. The Hall–Kier alpha value is -8.20. The third kappa shape index (κ3) is 7.79. The Bertz CT molecular complexity index is 3160. The van der Waals surface area contributed by atoms with Crippen molar-refractivity contribution in [3.8, 4) is 61.3 Å². The van der Waals surface area contributed by atoms with E-state index < -0.39 is 0 Å². The van der Waals surface area contributed by atoms with Gasteiger partial charge in [0.05, 0.1) is 11.6 Å². The molecule has 1 unspecified atom stereocenters. The fourth-order valence-corrected chi connectivity index (χ4v) is 9.29. The highest BCUT2D eigenvalue weighted by molar-refractivity contribution is 5.97. The highest BCUT2D eigenvalue weighted by Crippen LogP contribution is 2.39. The molecule has 0 spiro atoms. The van der Waals surface area contributed by atoms with Crippen LogP contribution in [0.4, 0.5) is 11.4 Å². The average Bonchev–Trinajstić information content (AvgIpc) is 3.78. The highest BCUT2D eigenvalue weighted by Gasteiger charge is 2.22. The van der Waals surface area contributed by atoms with Crippen LogP contribution in [0.2, 0.25) is 0 Å². The standard InChI is InChI=1S/C62H46N2/c1-4-16-45(17-5-1)50-22-12-24-52(40-50)54-26-14-28-58(42-54)64(59-29-15-27-55(43-59)53-25-13-23-51(41-53)46-18-6-2-7-19-46)57-38-34-48(35-39-57)47-32-36-56(37-33-47)63-44-61(49-20-8-3-9-21-49)60-30-10-11-31-62(60)63/h1-38,40-44,57H,39H2. The van der Waals surface area contributed by atoms with Crippen LogP contribution in [0.15, 0.2) is 261 Å². The number of allylic oxidation sites excluding steroid dienone is 2. The second-order valence-corrected chi connectivity index (χ2v) is 16.5. The van der Waals surface area contributed by atoms with Gasteiger partial charge in [0.25, 0.3) is 0 Å². The zero-order valence-corrected chi connectivity index (χ0v) is 35.5. The van der Waals surface area contributed by atoms with Crippen LogP contribution in [0.5, 0.6) is 0 Å². The van der Waals surface area contributed by atoms with Crippen LogP contribution in [-0.4, -0.2) is 10.6 Å². The van der Waals surface area contributed by atoms with Crippen LogP contribution >= 0.6 is 0 Å². The summed E-state index contributed by atoms with van der Waals surface area (Å²) >= 11 is 0. The van der Waals surface area contributed by atoms with Crippen molar-refractivity contribution in [1.82, 2.24) is 4.57 Å². The normalized spacial score (nSPS) is 13.4. The summed E-state index contributed by atoms with van der Waals surface area (Å²) in [4.78, 5) is 2.52. The number of para-hydroxylation sites is 1. The predicted molar refractivity (Wildman–Crippen MR) is 271 cm³/mol. The zero-order valence-electron chi connectivity index (χ0n) is 35.5. The molecule has 1 aromatic heterocycles. The summed E-state index contributed by atoms with van der Waals surface area (Å²) in [6, 6.07) is 85.6. The molecule has 0 N–H and O–H groups in total. The van der Waals surface area contributed by atoms with Crippen LogP contribution < -0.4 is 4.90 Å². The Morgan fingerprint density at radius 1 is 0.375 bits per heavy atom. The Morgan fingerprint density at radius 2 is 0.828 bits per heavy atom. The number of hydrogen-bond donors (Lipinski definition) is 0. The van der Waals surface area contributed by atoms with Crippen molar-refractivity contribution in [2.24, 2.45) is 0 Å². The van der Waals surface area contributed by atoms with Crippen LogP contribution in [0.3, 0.4) is 0 Å². The molecule has 0 fully saturated rings. The summed E-state index contributed by atoms with van der Waals surface area (Å²) in [5.74, 6) is 0. The minimum atomic E-state index is 0.0995. The summed E-state index contributed by atoms with van der Waals surface area (Å²) < 4.78 is 2.32. The van der Waals surface area contributed by atoms with E-state index >= 15 is 0 Å². The molecule has 64 heavy (non-hydrogen) atoms. The first kappa shape index (κ1) is 38.7. The van der Waals surface area contributed by atoms with Gasteiger partial charge in [0.1, 0.15) is 0 Å². The lowest BCUT2D eigenvalue weighted by Crippen LogP contribution is -2.30. The van der Waals surface area contributed by atoms with Crippen LogP contribution in [0.25, 0.3) is 77.8 Å². The molecule has 0 aliphatic heterocycles. The third-order valence-electron chi connectivity index (χ3n) is 12.5. The molecule has 1 atom stereocenters. The molecule has 2 heteroatoms. The molecule has 0 saturated heterocycles. The van der Waals surface area contributed by atoms with E-state index in [1.165, 1.54) is 77.7 Å². The van der Waals surface area contributed by atoms with E-state index in [4.69, 9.17) is 0 Å². The van der Waals surface area contributed by atoms with E-state index in [2.05, 4.69) is 270 Å². The fraction of sp³-hybridized carbons (Fsp3) is 0.0323. The van der Waals surface area contributed by atoms with Crippen molar-refractivity contribution in [3.63, 3.8) is 0 Å². The topological polar surface area (TPSA) is 8.17 Å². The molecule has 1 heterocycles. The number of rotatable bonds is 10.